The van der Waals surface area contributed by atoms with E-state index in [-0.39, 0.29) is 17.6 Å². The van der Waals surface area contributed by atoms with Crippen LogP contribution >= 0.6 is 0 Å². The van der Waals surface area contributed by atoms with E-state index in [1.54, 1.807) is 25.1 Å². The maximum atomic E-state index is 13.5. The Hall–Kier alpha value is -2.43. The molecule has 0 bridgehead atoms. The number of hydrogen-bond acceptors (Lipinski definition) is 3. The van der Waals surface area contributed by atoms with E-state index in [0.29, 0.717) is 11.3 Å². The molecule has 104 valence electrons. The molecule has 0 saturated carbocycles. The quantitative estimate of drug-likeness (QED) is 0.900. The maximum absolute atomic E-state index is 13.5. The Kier molecular flexibility index (Phi) is 3.98. The van der Waals surface area contributed by atoms with Gasteiger partial charge in [0.15, 0.2) is 0 Å². The summed E-state index contributed by atoms with van der Waals surface area (Å²) in [7, 11) is 0. The van der Waals surface area contributed by atoms with Crippen LogP contribution in [0.5, 0.6) is 0 Å². The van der Waals surface area contributed by atoms with E-state index in [4.69, 9.17) is 5.73 Å². The third-order valence-corrected chi connectivity index (χ3v) is 3.09. The molecule has 1 unspecified atom stereocenters. The van der Waals surface area contributed by atoms with Gasteiger partial charge in [0.1, 0.15) is 11.5 Å². The summed E-state index contributed by atoms with van der Waals surface area (Å²) in [6.45, 7) is 3.63. The fraction of sp³-hybridized carbons (Fsp3) is 0.200. The first-order valence-electron chi connectivity index (χ1n) is 6.26. The SMILES string of the molecule is Cc1ccc(C(C)Nc2ccnc(C(N)=O)c2)cc1F. The largest absolute Gasteiger partial charge is 0.378 e. The van der Waals surface area contributed by atoms with E-state index in [0.717, 1.165) is 5.56 Å². The van der Waals surface area contributed by atoms with Gasteiger partial charge in [-0.25, -0.2) is 4.39 Å². The molecule has 0 aliphatic heterocycles. The number of rotatable bonds is 4. The van der Waals surface area contributed by atoms with E-state index in [1.807, 2.05) is 13.0 Å². The molecule has 0 spiro atoms. The number of aromatic nitrogens is 1. The lowest BCUT2D eigenvalue weighted by molar-refractivity contribution is 0.0995. The van der Waals surface area contributed by atoms with Crippen LogP contribution in [0, 0.1) is 12.7 Å². The van der Waals surface area contributed by atoms with Gasteiger partial charge in [0.05, 0.1) is 0 Å². The summed E-state index contributed by atoms with van der Waals surface area (Å²) in [5.74, 6) is -0.814. The molecule has 1 aromatic carbocycles. The van der Waals surface area contributed by atoms with Gasteiger partial charge >= 0.3 is 0 Å². The molecule has 4 nitrogen and oxygen atoms in total. The number of nitrogens with one attached hydrogen (secondary N) is 1. The highest BCUT2D eigenvalue weighted by atomic mass is 19.1. The number of halogens is 1. The lowest BCUT2D eigenvalue weighted by Gasteiger charge is -2.16. The standard InChI is InChI=1S/C15H16FN3O/c1-9-3-4-11(7-13(9)16)10(2)19-12-5-6-18-14(8-12)15(17)20/h3-8,10H,1-2H3,(H2,17,20)(H,18,19). The monoisotopic (exact) mass is 273 g/mol. The van der Waals surface area contributed by atoms with E-state index in [1.165, 1.54) is 12.3 Å². The molecule has 0 aliphatic carbocycles. The van der Waals surface area contributed by atoms with Crippen molar-refractivity contribution in [1.82, 2.24) is 4.98 Å². The van der Waals surface area contributed by atoms with Gasteiger partial charge in [-0.3, -0.25) is 9.78 Å². The molecule has 2 aromatic rings. The Bertz CT molecular complexity index is 643. The van der Waals surface area contributed by atoms with Gasteiger partial charge in [-0.05, 0) is 43.2 Å². The number of primary amides is 1. The Morgan fingerprint density at radius 3 is 2.75 bits per heavy atom. The highest BCUT2D eigenvalue weighted by molar-refractivity contribution is 5.91. The number of hydrogen-bond donors (Lipinski definition) is 2. The Morgan fingerprint density at radius 2 is 2.10 bits per heavy atom. The average Bonchev–Trinajstić information content (AvgIpc) is 2.42. The minimum Gasteiger partial charge on any atom is -0.378 e. The van der Waals surface area contributed by atoms with Gasteiger partial charge in [0.2, 0.25) is 0 Å². The third kappa shape index (κ3) is 3.12. The Morgan fingerprint density at radius 1 is 1.35 bits per heavy atom. The highest BCUT2D eigenvalue weighted by Gasteiger charge is 2.09. The number of pyridine rings is 1. The van der Waals surface area contributed by atoms with Crippen molar-refractivity contribution in [3.8, 4) is 0 Å². The second-order valence-electron chi connectivity index (χ2n) is 4.67. The predicted molar refractivity (Wildman–Crippen MR) is 75.9 cm³/mol. The molecule has 0 saturated heterocycles. The van der Waals surface area contributed by atoms with E-state index in [2.05, 4.69) is 10.3 Å². The van der Waals surface area contributed by atoms with Crippen molar-refractivity contribution in [3.05, 3.63) is 59.2 Å². The Balaban J connectivity index is 2.18. The second kappa shape index (κ2) is 5.69. The van der Waals surface area contributed by atoms with Gasteiger partial charge < -0.3 is 11.1 Å². The van der Waals surface area contributed by atoms with Crippen LogP contribution in [0.15, 0.2) is 36.5 Å². The lowest BCUT2D eigenvalue weighted by atomic mass is 10.1. The molecular weight excluding hydrogens is 257 g/mol. The van der Waals surface area contributed by atoms with Crippen molar-refractivity contribution < 1.29 is 9.18 Å². The van der Waals surface area contributed by atoms with Crippen LogP contribution in [-0.2, 0) is 0 Å². The first-order valence-corrected chi connectivity index (χ1v) is 6.26. The summed E-state index contributed by atoms with van der Waals surface area (Å²) in [5, 5.41) is 3.19. The first-order chi connectivity index (χ1) is 9.47. The van der Waals surface area contributed by atoms with Gasteiger partial charge in [0.25, 0.3) is 5.91 Å². The molecule has 0 aliphatic rings. The van der Waals surface area contributed by atoms with Gasteiger partial charge in [-0.1, -0.05) is 12.1 Å². The topological polar surface area (TPSA) is 68.0 Å². The summed E-state index contributed by atoms with van der Waals surface area (Å²) >= 11 is 0. The van der Waals surface area contributed by atoms with E-state index < -0.39 is 5.91 Å². The second-order valence-corrected chi connectivity index (χ2v) is 4.67. The van der Waals surface area contributed by atoms with Crippen molar-refractivity contribution in [2.24, 2.45) is 5.73 Å². The van der Waals surface area contributed by atoms with Crippen molar-refractivity contribution in [2.75, 3.05) is 5.32 Å². The molecule has 20 heavy (non-hydrogen) atoms. The van der Waals surface area contributed by atoms with Crippen molar-refractivity contribution in [1.29, 1.82) is 0 Å². The molecule has 1 atom stereocenters. The number of nitrogens with zero attached hydrogens (tertiary/aromatic N) is 1. The van der Waals surface area contributed by atoms with Crippen LogP contribution in [0.3, 0.4) is 0 Å². The smallest absolute Gasteiger partial charge is 0.267 e. The fourth-order valence-corrected chi connectivity index (χ4v) is 1.87. The first kappa shape index (κ1) is 14.0. The summed E-state index contributed by atoms with van der Waals surface area (Å²) in [5.41, 5.74) is 7.52. The summed E-state index contributed by atoms with van der Waals surface area (Å²) in [4.78, 5) is 14.9. The molecule has 0 radical (unpaired) electrons. The molecule has 1 heterocycles. The van der Waals surface area contributed by atoms with Crippen molar-refractivity contribution in [2.45, 2.75) is 19.9 Å². The molecule has 2 rings (SSSR count). The molecular formula is C15H16FN3O. The van der Waals surface area contributed by atoms with Gasteiger partial charge in [-0.15, -0.1) is 0 Å². The summed E-state index contributed by atoms with van der Waals surface area (Å²) in [6, 6.07) is 8.31. The van der Waals surface area contributed by atoms with Crippen LogP contribution in [-0.4, -0.2) is 10.9 Å². The zero-order valence-electron chi connectivity index (χ0n) is 11.4. The van der Waals surface area contributed by atoms with E-state index >= 15 is 0 Å². The van der Waals surface area contributed by atoms with Crippen molar-refractivity contribution >= 4 is 11.6 Å². The van der Waals surface area contributed by atoms with E-state index in [9.17, 15) is 9.18 Å². The van der Waals surface area contributed by atoms with Gasteiger partial charge in [0, 0.05) is 17.9 Å². The Labute approximate surface area is 116 Å². The number of benzene rings is 1. The lowest BCUT2D eigenvalue weighted by Crippen LogP contribution is -2.14. The highest BCUT2D eigenvalue weighted by Crippen LogP contribution is 2.21. The predicted octanol–water partition coefficient (Wildman–Crippen LogP) is 2.80. The number of amides is 1. The van der Waals surface area contributed by atoms with Crippen LogP contribution in [0.4, 0.5) is 10.1 Å². The van der Waals surface area contributed by atoms with Crippen LogP contribution in [0.25, 0.3) is 0 Å². The number of aryl methyl sites for hydroxylation is 1. The summed E-state index contributed by atoms with van der Waals surface area (Å²) in [6.07, 6.45) is 1.50. The number of anilines is 1. The molecule has 1 aromatic heterocycles. The normalized spacial score (nSPS) is 11.9. The number of nitrogens with two attached hydrogens (primary N) is 1. The minimum atomic E-state index is -0.581. The van der Waals surface area contributed by atoms with Gasteiger partial charge in [-0.2, -0.15) is 0 Å². The summed E-state index contributed by atoms with van der Waals surface area (Å²) < 4.78 is 13.5. The third-order valence-electron chi connectivity index (χ3n) is 3.09. The van der Waals surface area contributed by atoms with Crippen LogP contribution in [0.2, 0.25) is 0 Å². The molecule has 1 amide bonds. The number of carbonyl (C=O) groups excluding carboxylic acids is 1. The zero-order chi connectivity index (χ0) is 14.7. The van der Waals surface area contributed by atoms with Crippen LogP contribution in [0.1, 0.15) is 34.6 Å². The average molecular weight is 273 g/mol. The minimum absolute atomic E-state index is 0.103. The maximum Gasteiger partial charge on any atom is 0.267 e. The molecule has 3 N–H and O–H groups in total. The van der Waals surface area contributed by atoms with Crippen LogP contribution < -0.4 is 11.1 Å². The molecule has 5 heteroatoms. The van der Waals surface area contributed by atoms with Crippen molar-refractivity contribution in [3.63, 3.8) is 0 Å². The molecule has 0 fully saturated rings. The zero-order valence-corrected chi connectivity index (χ0v) is 11.4. The fourth-order valence-electron chi connectivity index (χ4n) is 1.87. The number of carbonyl (C=O) groups is 1.